The molecule has 0 bridgehead atoms. The van der Waals surface area contributed by atoms with Crippen LogP contribution in [0.15, 0.2) is 58.3 Å². The van der Waals surface area contributed by atoms with Gasteiger partial charge in [-0.1, -0.05) is 35.4 Å². The van der Waals surface area contributed by atoms with Crippen LogP contribution in [-0.2, 0) is 29.6 Å². The summed E-state index contributed by atoms with van der Waals surface area (Å²) in [7, 11) is -7.58. The van der Waals surface area contributed by atoms with E-state index in [4.69, 9.17) is 10.5 Å². The van der Waals surface area contributed by atoms with Crippen molar-refractivity contribution in [3.63, 3.8) is 0 Å². The van der Waals surface area contributed by atoms with E-state index in [0.29, 0.717) is 0 Å². The minimum Gasteiger partial charge on any atom is -0.465 e. The van der Waals surface area contributed by atoms with E-state index in [1.54, 1.807) is 31.2 Å². The van der Waals surface area contributed by atoms with E-state index >= 15 is 0 Å². The van der Waals surface area contributed by atoms with Crippen LogP contribution in [0.4, 0.5) is 0 Å². The molecule has 0 saturated heterocycles. The van der Waals surface area contributed by atoms with Gasteiger partial charge in [-0.3, -0.25) is 4.79 Å². The molecule has 182 valence electrons. The Labute approximate surface area is 195 Å². The van der Waals surface area contributed by atoms with Gasteiger partial charge in [0.25, 0.3) is 0 Å². The number of nitrogens with one attached hydrogen (secondary N) is 2. The van der Waals surface area contributed by atoms with Crippen LogP contribution >= 0.6 is 0 Å². The molecule has 2 aromatic carbocycles. The lowest BCUT2D eigenvalue weighted by molar-refractivity contribution is -0.150. The molecule has 2 aromatic rings. The maximum atomic E-state index is 12.5. The number of aryl methyl sites for hydroxylation is 2. The number of esters is 1. The van der Waals surface area contributed by atoms with E-state index in [1.807, 2.05) is 13.8 Å². The van der Waals surface area contributed by atoms with Gasteiger partial charge in [-0.2, -0.15) is 0 Å². The molecule has 4 N–H and O–H groups in total. The van der Waals surface area contributed by atoms with Crippen molar-refractivity contribution >= 4 is 26.0 Å². The number of hydrogen-bond donors (Lipinski definition) is 3. The van der Waals surface area contributed by atoms with Crippen molar-refractivity contribution in [3.05, 3.63) is 59.7 Å². The van der Waals surface area contributed by atoms with E-state index in [0.717, 1.165) is 11.1 Å². The number of carbonyl (C=O) groups is 1. The first kappa shape index (κ1) is 26.9. The maximum absolute atomic E-state index is 12.5. The zero-order valence-electron chi connectivity index (χ0n) is 19.0. The highest BCUT2D eigenvalue weighted by atomic mass is 32.2. The molecule has 0 spiro atoms. The third-order valence-electron chi connectivity index (χ3n) is 5.07. The highest BCUT2D eigenvalue weighted by Crippen LogP contribution is 2.17. The summed E-state index contributed by atoms with van der Waals surface area (Å²) in [6.07, 6.45) is -0.160. The molecular weight excluding hydrogens is 466 g/mol. The minimum absolute atomic E-state index is 0.0802. The molecule has 0 radical (unpaired) electrons. The lowest BCUT2D eigenvalue weighted by Gasteiger charge is -2.27. The first-order valence-corrected chi connectivity index (χ1v) is 13.4. The lowest BCUT2D eigenvalue weighted by Crippen LogP contribution is -2.52. The Kier molecular flexibility index (Phi) is 9.15. The third kappa shape index (κ3) is 7.61. The average molecular weight is 498 g/mol. The largest absolute Gasteiger partial charge is 0.465 e. The summed E-state index contributed by atoms with van der Waals surface area (Å²) in [6.45, 7) is 5.14. The summed E-state index contributed by atoms with van der Waals surface area (Å²) in [6, 6.07) is 12.7. The fraction of sp³-hybridized carbons (Fsp3) is 0.409. The van der Waals surface area contributed by atoms with Crippen molar-refractivity contribution in [2.75, 3.05) is 19.7 Å². The molecule has 0 aliphatic rings. The molecule has 33 heavy (non-hydrogen) atoms. The second kappa shape index (κ2) is 11.2. The molecule has 0 saturated carbocycles. The summed E-state index contributed by atoms with van der Waals surface area (Å²) in [5.74, 6) is -0.728. The first-order chi connectivity index (χ1) is 15.4. The van der Waals surface area contributed by atoms with E-state index in [-0.39, 0.29) is 42.3 Å². The topological polar surface area (TPSA) is 145 Å². The molecule has 0 aromatic heterocycles. The SMILES string of the molecule is CCOC(=O)C(N)(CCNS(=O)(=O)c1ccc(C)cc1)CCNS(=O)(=O)c1ccc(C)cc1. The number of benzene rings is 2. The Morgan fingerprint density at radius 2 is 1.18 bits per heavy atom. The van der Waals surface area contributed by atoms with Gasteiger partial charge in [0.15, 0.2) is 0 Å². The highest BCUT2D eigenvalue weighted by molar-refractivity contribution is 7.89. The average Bonchev–Trinajstić information content (AvgIpc) is 2.74. The number of carbonyl (C=O) groups excluding carboxylic acids is 1. The summed E-state index contributed by atoms with van der Waals surface area (Å²) in [5, 5.41) is 0. The van der Waals surface area contributed by atoms with E-state index < -0.39 is 31.6 Å². The van der Waals surface area contributed by atoms with Crippen LogP contribution in [0.1, 0.15) is 30.9 Å². The second-order valence-electron chi connectivity index (χ2n) is 7.80. The summed E-state index contributed by atoms with van der Waals surface area (Å²) < 4.78 is 59.9. The maximum Gasteiger partial charge on any atom is 0.326 e. The van der Waals surface area contributed by atoms with Crippen LogP contribution in [0, 0.1) is 13.8 Å². The van der Waals surface area contributed by atoms with Gasteiger partial charge in [-0.25, -0.2) is 26.3 Å². The molecule has 0 amide bonds. The standard InChI is InChI=1S/C22H31N3O6S2/c1-4-31-21(26)22(23,13-15-24-32(27,28)19-9-5-17(2)6-10-19)14-16-25-33(29,30)20-11-7-18(3)8-12-20/h5-12,24-25H,4,13-16,23H2,1-3H3. The molecule has 0 heterocycles. The smallest absolute Gasteiger partial charge is 0.326 e. The minimum atomic E-state index is -3.79. The van der Waals surface area contributed by atoms with Gasteiger partial charge < -0.3 is 10.5 Å². The van der Waals surface area contributed by atoms with Crippen LogP contribution in [0.2, 0.25) is 0 Å². The molecule has 0 aliphatic carbocycles. The Hall–Kier alpha value is -2.31. The Morgan fingerprint density at radius 3 is 1.52 bits per heavy atom. The van der Waals surface area contributed by atoms with Crippen LogP contribution in [-0.4, -0.2) is 48.0 Å². The van der Waals surface area contributed by atoms with Crippen LogP contribution < -0.4 is 15.2 Å². The third-order valence-corrected chi connectivity index (χ3v) is 8.02. The van der Waals surface area contributed by atoms with Crippen molar-refractivity contribution < 1.29 is 26.4 Å². The number of sulfonamides is 2. The lowest BCUT2D eigenvalue weighted by atomic mass is 9.92. The fourth-order valence-corrected chi connectivity index (χ4v) is 5.09. The van der Waals surface area contributed by atoms with Gasteiger partial charge in [-0.05, 0) is 57.9 Å². The summed E-state index contributed by atoms with van der Waals surface area (Å²) in [4.78, 5) is 12.7. The fourth-order valence-electron chi connectivity index (χ4n) is 3.02. The van der Waals surface area contributed by atoms with Crippen LogP contribution in [0.5, 0.6) is 0 Å². The van der Waals surface area contributed by atoms with E-state index in [1.165, 1.54) is 24.3 Å². The van der Waals surface area contributed by atoms with Gasteiger partial charge in [0.2, 0.25) is 20.0 Å². The van der Waals surface area contributed by atoms with Gasteiger partial charge in [0.1, 0.15) is 5.54 Å². The number of nitrogens with two attached hydrogens (primary N) is 1. The van der Waals surface area contributed by atoms with Crippen molar-refractivity contribution in [2.24, 2.45) is 5.73 Å². The van der Waals surface area contributed by atoms with Crippen molar-refractivity contribution in [2.45, 2.75) is 48.9 Å². The predicted molar refractivity (Wildman–Crippen MR) is 126 cm³/mol. The van der Waals surface area contributed by atoms with Gasteiger partial charge in [0.05, 0.1) is 16.4 Å². The zero-order valence-corrected chi connectivity index (χ0v) is 20.6. The quantitative estimate of drug-likeness (QED) is 0.378. The molecule has 2 rings (SSSR count). The summed E-state index contributed by atoms with van der Waals surface area (Å²) >= 11 is 0. The van der Waals surface area contributed by atoms with Crippen molar-refractivity contribution in [1.29, 1.82) is 0 Å². The number of rotatable bonds is 12. The van der Waals surface area contributed by atoms with E-state index in [9.17, 15) is 21.6 Å². The Balaban J connectivity index is 2.04. The normalized spacial score (nSPS) is 12.5. The van der Waals surface area contributed by atoms with E-state index in [2.05, 4.69) is 9.44 Å². The predicted octanol–water partition coefficient (Wildman–Crippen LogP) is 1.60. The van der Waals surface area contributed by atoms with Gasteiger partial charge >= 0.3 is 5.97 Å². The highest BCUT2D eigenvalue weighted by Gasteiger charge is 2.35. The number of hydrogen-bond acceptors (Lipinski definition) is 7. The number of ether oxygens (including phenoxy) is 1. The van der Waals surface area contributed by atoms with Crippen molar-refractivity contribution in [3.8, 4) is 0 Å². The van der Waals surface area contributed by atoms with Gasteiger partial charge in [0, 0.05) is 13.1 Å². The van der Waals surface area contributed by atoms with Gasteiger partial charge in [-0.15, -0.1) is 0 Å². The molecule has 0 fully saturated rings. The first-order valence-electron chi connectivity index (χ1n) is 10.5. The molecule has 0 aliphatic heterocycles. The second-order valence-corrected chi connectivity index (χ2v) is 11.3. The Morgan fingerprint density at radius 1 is 0.818 bits per heavy atom. The molecule has 11 heteroatoms. The molecular formula is C22H31N3O6S2. The molecule has 0 atom stereocenters. The van der Waals surface area contributed by atoms with Crippen LogP contribution in [0.25, 0.3) is 0 Å². The van der Waals surface area contributed by atoms with Crippen molar-refractivity contribution in [1.82, 2.24) is 9.44 Å². The molecule has 0 unspecified atom stereocenters. The summed E-state index contributed by atoms with van der Waals surface area (Å²) in [5.41, 5.74) is 6.52. The monoisotopic (exact) mass is 497 g/mol. The Bertz CT molecular complexity index is 1060. The van der Waals surface area contributed by atoms with Crippen LogP contribution in [0.3, 0.4) is 0 Å². The molecule has 9 nitrogen and oxygen atoms in total. The zero-order chi connectivity index (χ0) is 24.7.